The molecule has 1 aliphatic heterocycles. The molecule has 0 amide bonds. The molecule has 2 fully saturated rings. The summed E-state index contributed by atoms with van der Waals surface area (Å²) in [6, 6.07) is 0. The third-order valence-corrected chi connectivity index (χ3v) is 7.42. The molecule has 1 aliphatic carbocycles. The molecule has 28 heavy (non-hydrogen) atoms. The molecule has 0 aromatic rings. The lowest BCUT2D eigenvalue weighted by Crippen LogP contribution is -2.21. The lowest BCUT2D eigenvalue weighted by atomic mass is 9.75. The second-order valence-electron chi connectivity index (χ2n) is 9.96. The molecule has 0 bridgehead atoms. The molecular weight excluding hydrogens is 352 g/mol. The van der Waals surface area contributed by atoms with Crippen LogP contribution in [0.1, 0.15) is 92.4 Å². The van der Waals surface area contributed by atoms with E-state index in [1.54, 1.807) is 0 Å². The summed E-state index contributed by atoms with van der Waals surface area (Å²) in [5.41, 5.74) is 0.359. The predicted molar refractivity (Wildman–Crippen MR) is 113 cm³/mol. The van der Waals surface area contributed by atoms with Crippen molar-refractivity contribution < 1.29 is 19.7 Å². The molecule has 0 aromatic carbocycles. The molecule has 4 nitrogen and oxygen atoms in total. The van der Waals surface area contributed by atoms with Crippen molar-refractivity contribution in [2.75, 3.05) is 0 Å². The summed E-state index contributed by atoms with van der Waals surface area (Å²) in [5, 5.41) is 8.31. The highest BCUT2D eigenvalue weighted by atomic mass is 17.1. The van der Waals surface area contributed by atoms with Crippen LogP contribution in [0.4, 0.5) is 0 Å². The minimum atomic E-state index is -0.542. The van der Waals surface area contributed by atoms with Crippen LogP contribution >= 0.6 is 0 Å². The zero-order valence-corrected chi connectivity index (χ0v) is 18.7. The van der Waals surface area contributed by atoms with E-state index in [-0.39, 0.29) is 6.42 Å². The first-order chi connectivity index (χ1) is 13.3. The third-order valence-electron chi connectivity index (χ3n) is 7.42. The van der Waals surface area contributed by atoms with E-state index in [0.717, 1.165) is 25.7 Å². The van der Waals surface area contributed by atoms with Gasteiger partial charge in [-0.3, -0.25) is 0 Å². The van der Waals surface area contributed by atoms with E-state index in [2.05, 4.69) is 51.7 Å². The number of carbonyl (C=O) groups excluding carboxylic acids is 1. The Morgan fingerprint density at radius 1 is 1.29 bits per heavy atom. The number of unbranched alkanes of at least 4 members (excludes halogenated alkanes) is 2. The van der Waals surface area contributed by atoms with Crippen LogP contribution in [0.25, 0.3) is 0 Å². The van der Waals surface area contributed by atoms with Gasteiger partial charge in [0.15, 0.2) is 0 Å². The summed E-state index contributed by atoms with van der Waals surface area (Å²) in [5.74, 6) is 2.01. The smallest absolute Gasteiger partial charge is 0.342 e. The minimum Gasteiger partial charge on any atom is -0.375 e. The van der Waals surface area contributed by atoms with Crippen LogP contribution in [0, 0.1) is 29.1 Å². The van der Waals surface area contributed by atoms with Gasteiger partial charge in [-0.2, -0.15) is 5.26 Å². The Hall–Kier alpha value is -0.870. The molecule has 6 atom stereocenters. The van der Waals surface area contributed by atoms with Gasteiger partial charge in [0.25, 0.3) is 0 Å². The zero-order chi connectivity index (χ0) is 20.7. The van der Waals surface area contributed by atoms with Crippen molar-refractivity contribution in [2.45, 2.75) is 105 Å². The Bertz CT molecular complexity index is 513. The average molecular weight is 395 g/mol. The first-order valence-corrected chi connectivity index (χ1v) is 11.5. The molecule has 0 unspecified atom stereocenters. The molecule has 0 aromatic heterocycles. The lowest BCUT2D eigenvalue weighted by Gasteiger charge is -2.30. The number of fused-ring (bicyclic) bond motifs is 1. The maximum absolute atomic E-state index is 11.0. The van der Waals surface area contributed by atoms with Crippen molar-refractivity contribution in [3.8, 4) is 0 Å². The highest BCUT2D eigenvalue weighted by Crippen LogP contribution is 2.48. The van der Waals surface area contributed by atoms with Crippen LogP contribution in [0.5, 0.6) is 0 Å². The van der Waals surface area contributed by atoms with Crippen molar-refractivity contribution in [3.63, 3.8) is 0 Å². The predicted octanol–water partition coefficient (Wildman–Crippen LogP) is 6.40. The maximum atomic E-state index is 11.0. The molecule has 162 valence electrons. The number of carbonyl (C=O) groups is 1. The molecule has 1 N–H and O–H groups in total. The Morgan fingerprint density at radius 2 is 2.04 bits per heavy atom. The van der Waals surface area contributed by atoms with E-state index in [4.69, 9.17) is 9.99 Å². The van der Waals surface area contributed by atoms with E-state index in [0.29, 0.717) is 41.3 Å². The first kappa shape index (κ1) is 23.4. The number of hydrogen-bond acceptors (Lipinski definition) is 4. The van der Waals surface area contributed by atoms with Gasteiger partial charge >= 0.3 is 5.97 Å². The number of hydrogen-bond donors (Lipinski definition) is 1. The van der Waals surface area contributed by atoms with Crippen molar-refractivity contribution >= 4 is 5.97 Å². The summed E-state index contributed by atoms with van der Waals surface area (Å²) < 4.78 is 6.35. The number of allylic oxidation sites excluding steroid dienone is 2. The molecule has 1 saturated carbocycles. The van der Waals surface area contributed by atoms with Gasteiger partial charge in [0, 0.05) is 6.42 Å². The van der Waals surface area contributed by atoms with Crippen LogP contribution in [-0.4, -0.2) is 23.4 Å². The van der Waals surface area contributed by atoms with E-state index >= 15 is 0 Å². The van der Waals surface area contributed by atoms with E-state index in [1.807, 2.05) is 0 Å². The van der Waals surface area contributed by atoms with Crippen LogP contribution < -0.4 is 0 Å². The molecule has 1 saturated heterocycles. The summed E-state index contributed by atoms with van der Waals surface area (Å²) in [7, 11) is 0. The van der Waals surface area contributed by atoms with Gasteiger partial charge in [-0.15, -0.1) is 0 Å². The maximum Gasteiger partial charge on any atom is 0.342 e. The normalized spacial score (nSPS) is 31.3. The van der Waals surface area contributed by atoms with Gasteiger partial charge < -0.3 is 9.62 Å². The fraction of sp³-hybridized carbons (Fsp3) is 0.875. The molecular formula is C24H42O4. The van der Waals surface area contributed by atoms with Crippen LogP contribution in [0.15, 0.2) is 12.2 Å². The number of rotatable bonds is 11. The first-order valence-electron chi connectivity index (χ1n) is 11.5. The van der Waals surface area contributed by atoms with Gasteiger partial charge in [0.2, 0.25) is 0 Å². The summed E-state index contributed by atoms with van der Waals surface area (Å²) in [6.07, 6.45) is 14.9. The van der Waals surface area contributed by atoms with E-state index in [9.17, 15) is 4.79 Å². The summed E-state index contributed by atoms with van der Waals surface area (Å²) in [6.45, 7) is 11.8. The fourth-order valence-corrected chi connectivity index (χ4v) is 5.06. The second-order valence-corrected chi connectivity index (χ2v) is 9.96. The lowest BCUT2D eigenvalue weighted by molar-refractivity contribution is -0.234. The average Bonchev–Trinajstić information content (AvgIpc) is 3.17. The van der Waals surface area contributed by atoms with Gasteiger partial charge in [-0.1, -0.05) is 66.0 Å². The second kappa shape index (κ2) is 10.8. The molecule has 4 heteroatoms. The zero-order valence-electron chi connectivity index (χ0n) is 18.7. The van der Waals surface area contributed by atoms with Crippen molar-refractivity contribution in [2.24, 2.45) is 29.1 Å². The minimum absolute atomic E-state index is 0.282. The van der Waals surface area contributed by atoms with E-state index < -0.39 is 5.97 Å². The highest BCUT2D eigenvalue weighted by Gasteiger charge is 2.46. The van der Waals surface area contributed by atoms with Gasteiger partial charge in [-0.25, -0.2) is 4.79 Å². The monoisotopic (exact) mass is 394 g/mol. The molecule has 0 spiro atoms. The van der Waals surface area contributed by atoms with E-state index in [1.165, 1.54) is 25.7 Å². The Balaban J connectivity index is 1.83. The SMILES string of the molecule is CCCCC(C)(C)[C@H](C)C=C[C@H]1[C@H]2C[C@H](CCCCC(=O)OO)O[C@H]2C[C@H]1C. The Morgan fingerprint density at radius 3 is 2.71 bits per heavy atom. The summed E-state index contributed by atoms with van der Waals surface area (Å²) in [4.78, 5) is 14.7. The summed E-state index contributed by atoms with van der Waals surface area (Å²) >= 11 is 0. The molecule has 2 aliphatic rings. The van der Waals surface area contributed by atoms with Gasteiger partial charge in [0.1, 0.15) is 0 Å². The van der Waals surface area contributed by atoms with Crippen molar-refractivity contribution in [3.05, 3.63) is 12.2 Å². The highest BCUT2D eigenvalue weighted by molar-refractivity contribution is 5.68. The standard InChI is InChI=1S/C24H42O4/c1-6-7-14-24(4,5)18(3)12-13-20-17(2)15-22-21(20)16-19(27-22)10-8-9-11-23(25)28-26/h12-13,17-22,26H,6-11,14-16H2,1-5H3/t17-,18-,19+,20-,21-,22+/m1/s1. The van der Waals surface area contributed by atoms with Gasteiger partial charge in [0.05, 0.1) is 12.2 Å². The molecule has 1 heterocycles. The van der Waals surface area contributed by atoms with Crippen molar-refractivity contribution in [1.82, 2.24) is 0 Å². The Labute approximate surface area is 172 Å². The quantitative estimate of drug-likeness (QED) is 0.191. The largest absolute Gasteiger partial charge is 0.375 e. The fourth-order valence-electron chi connectivity index (χ4n) is 5.06. The molecule has 0 radical (unpaired) electrons. The van der Waals surface area contributed by atoms with Crippen LogP contribution in [0.3, 0.4) is 0 Å². The number of ether oxygens (including phenoxy) is 1. The van der Waals surface area contributed by atoms with Crippen LogP contribution in [0.2, 0.25) is 0 Å². The third kappa shape index (κ3) is 6.32. The molecule has 2 rings (SSSR count). The topological polar surface area (TPSA) is 55.8 Å². The van der Waals surface area contributed by atoms with Crippen LogP contribution in [-0.2, 0) is 14.4 Å². The van der Waals surface area contributed by atoms with Gasteiger partial charge in [-0.05, 0) is 61.2 Å². The Kier molecular flexibility index (Phi) is 9.01. The van der Waals surface area contributed by atoms with Crippen molar-refractivity contribution in [1.29, 1.82) is 0 Å².